The van der Waals surface area contributed by atoms with Gasteiger partial charge >= 0.3 is 0 Å². The summed E-state index contributed by atoms with van der Waals surface area (Å²) >= 11 is 0. The lowest BCUT2D eigenvalue weighted by Gasteiger charge is -2.19. The van der Waals surface area contributed by atoms with Crippen molar-refractivity contribution in [2.24, 2.45) is 0 Å². The van der Waals surface area contributed by atoms with Crippen LogP contribution >= 0.6 is 0 Å². The summed E-state index contributed by atoms with van der Waals surface area (Å²) in [4.78, 5) is 0. The maximum atomic E-state index is 14.0. The average Bonchev–Trinajstić information content (AvgIpc) is 2.98. The fourth-order valence-electron chi connectivity index (χ4n) is 3.75. The standard InChI is InChI=1S/C22H27FO2/c1-14-12-16(25-11-10-22(3,4)24)13-15(2)21(14)19-8-9-20(23)18-7-5-6-17(18)19/h8-9,12-13,24H,5-7,10-11H2,1-4H3. The minimum Gasteiger partial charge on any atom is -0.493 e. The monoisotopic (exact) mass is 342 g/mol. The Morgan fingerprint density at radius 3 is 2.36 bits per heavy atom. The number of benzene rings is 2. The summed E-state index contributed by atoms with van der Waals surface area (Å²) < 4.78 is 19.9. The first-order valence-electron chi connectivity index (χ1n) is 9.03. The van der Waals surface area contributed by atoms with E-state index in [1.165, 1.54) is 11.1 Å². The van der Waals surface area contributed by atoms with E-state index in [-0.39, 0.29) is 5.82 Å². The van der Waals surface area contributed by atoms with Crippen molar-refractivity contribution in [2.75, 3.05) is 6.61 Å². The molecule has 0 amide bonds. The van der Waals surface area contributed by atoms with Gasteiger partial charge in [-0.2, -0.15) is 0 Å². The number of ether oxygens (including phenoxy) is 1. The van der Waals surface area contributed by atoms with Gasteiger partial charge in [0.2, 0.25) is 0 Å². The van der Waals surface area contributed by atoms with Crippen molar-refractivity contribution >= 4 is 0 Å². The van der Waals surface area contributed by atoms with E-state index in [2.05, 4.69) is 13.8 Å². The van der Waals surface area contributed by atoms with E-state index >= 15 is 0 Å². The minimum atomic E-state index is -0.724. The Balaban J connectivity index is 1.91. The zero-order valence-electron chi connectivity index (χ0n) is 15.6. The molecule has 2 aromatic rings. The van der Waals surface area contributed by atoms with Crippen molar-refractivity contribution in [3.8, 4) is 16.9 Å². The summed E-state index contributed by atoms with van der Waals surface area (Å²) in [6.07, 6.45) is 3.40. The van der Waals surface area contributed by atoms with E-state index in [1.807, 2.05) is 18.2 Å². The van der Waals surface area contributed by atoms with Crippen LogP contribution in [0.1, 0.15) is 48.9 Å². The zero-order valence-corrected chi connectivity index (χ0v) is 15.6. The Hall–Kier alpha value is -1.87. The molecule has 1 aliphatic rings. The molecule has 134 valence electrons. The van der Waals surface area contributed by atoms with Gasteiger partial charge in [0.05, 0.1) is 12.2 Å². The smallest absolute Gasteiger partial charge is 0.126 e. The highest BCUT2D eigenvalue weighted by Gasteiger charge is 2.21. The summed E-state index contributed by atoms with van der Waals surface area (Å²) in [7, 11) is 0. The highest BCUT2D eigenvalue weighted by atomic mass is 19.1. The van der Waals surface area contributed by atoms with E-state index in [1.54, 1.807) is 19.9 Å². The first-order chi connectivity index (χ1) is 11.8. The van der Waals surface area contributed by atoms with Crippen LogP contribution < -0.4 is 4.74 Å². The summed E-state index contributed by atoms with van der Waals surface area (Å²) in [5.74, 6) is 0.750. The van der Waals surface area contributed by atoms with E-state index in [0.717, 1.165) is 47.3 Å². The third-order valence-corrected chi connectivity index (χ3v) is 4.99. The number of hydrogen-bond acceptors (Lipinski definition) is 2. The molecule has 3 heteroatoms. The molecule has 0 fully saturated rings. The van der Waals surface area contributed by atoms with Gasteiger partial charge in [-0.05, 0) is 98.5 Å². The second kappa shape index (κ2) is 6.80. The molecule has 0 aromatic heterocycles. The van der Waals surface area contributed by atoms with Crippen molar-refractivity contribution in [1.29, 1.82) is 0 Å². The maximum absolute atomic E-state index is 14.0. The Bertz CT molecular complexity index is 764. The SMILES string of the molecule is Cc1cc(OCCC(C)(C)O)cc(C)c1-c1ccc(F)c2c1CCC2. The van der Waals surface area contributed by atoms with E-state index in [0.29, 0.717) is 13.0 Å². The molecule has 2 aromatic carbocycles. The van der Waals surface area contributed by atoms with Gasteiger partial charge in [0, 0.05) is 6.42 Å². The Morgan fingerprint density at radius 1 is 1.08 bits per heavy atom. The van der Waals surface area contributed by atoms with Gasteiger partial charge < -0.3 is 9.84 Å². The maximum Gasteiger partial charge on any atom is 0.126 e. The molecule has 0 aliphatic heterocycles. The largest absolute Gasteiger partial charge is 0.493 e. The summed E-state index contributed by atoms with van der Waals surface area (Å²) in [5.41, 5.74) is 5.96. The third kappa shape index (κ3) is 3.87. The number of aryl methyl sites for hydroxylation is 2. The molecule has 0 saturated carbocycles. The van der Waals surface area contributed by atoms with Crippen LogP contribution in [-0.2, 0) is 12.8 Å². The predicted octanol–water partition coefficient (Wildman–Crippen LogP) is 5.14. The lowest BCUT2D eigenvalue weighted by atomic mass is 9.90. The van der Waals surface area contributed by atoms with Gasteiger partial charge in [0.15, 0.2) is 0 Å². The van der Waals surface area contributed by atoms with E-state index in [4.69, 9.17) is 4.74 Å². The van der Waals surface area contributed by atoms with Crippen LogP contribution in [0.4, 0.5) is 4.39 Å². The van der Waals surface area contributed by atoms with Gasteiger partial charge in [-0.3, -0.25) is 0 Å². The molecule has 0 spiro atoms. The van der Waals surface area contributed by atoms with Crippen molar-refractivity contribution < 1.29 is 14.2 Å². The topological polar surface area (TPSA) is 29.5 Å². The van der Waals surface area contributed by atoms with Gasteiger partial charge in [-0.1, -0.05) is 6.07 Å². The zero-order chi connectivity index (χ0) is 18.2. The van der Waals surface area contributed by atoms with Crippen molar-refractivity contribution in [2.45, 2.75) is 59.0 Å². The molecule has 0 saturated heterocycles. The Labute approximate surface area is 149 Å². The van der Waals surface area contributed by atoms with Crippen LogP contribution in [0.25, 0.3) is 11.1 Å². The second-order valence-electron chi connectivity index (χ2n) is 7.75. The second-order valence-corrected chi connectivity index (χ2v) is 7.75. The highest BCUT2D eigenvalue weighted by molar-refractivity contribution is 5.76. The molecule has 25 heavy (non-hydrogen) atoms. The highest BCUT2D eigenvalue weighted by Crippen LogP contribution is 2.38. The summed E-state index contributed by atoms with van der Waals surface area (Å²) in [5, 5.41) is 9.80. The van der Waals surface area contributed by atoms with Crippen molar-refractivity contribution in [3.05, 3.63) is 52.3 Å². The minimum absolute atomic E-state index is 0.0712. The van der Waals surface area contributed by atoms with Crippen LogP contribution in [0.3, 0.4) is 0 Å². The molecule has 1 aliphatic carbocycles. The van der Waals surface area contributed by atoms with Gasteiger partial charge in [-0.25, -0.2) is 4.39 Å². The molecule has 0 radical (unpaired) electrons. The lowest BCUT2D eigenvalue weighted by Crippen LogP contribution is -2.21. The van der Waals surface area contributed by atoms with E-state index < -0.39 is 5.60 Å². The average molecular weight is 342 g/mol. The first kappa shape index (κ1) is 17.9. The van der Waals surface area contributed by atoms with Crippen LogP contribution in [-0.4, -0.2) is 17.3 Å². The van der Waals surface area contributed by atoms with Gasteiger partial charge in [0.25, 0.3) is 0 Å². The summed E-state index contributed by atoms with van der Waals surface area (Å²) in [6.45, 7) is 8.20. The predicted molar refractivity (Wildman–Crippen MR) is 99.7 cm³/mol. The molecule has 3 rings (SSSR count). The molecule has 0 unspecified atom stereocenters. The van der Waals surface area contributed by atoms with Gasteiger partial charge in [-0.15, -0.1) is 0 Å². The molecular formula is C22H27FO2. The van der Waals surface area contributed by atoms with Crippen LogP contribution in [0, 0.1) is 19.7 Å². The number of aliphatic hydroxyl groups is 1. The van der Waals surface area contributed by atoms with Crippen LogP contribution in [0.5, 0.6) is 5.75 Å². The molecule has 2 nitrogen and oxygen atoms in total. The molecule has 0 atom stereocenters. The number of halogens is 1. The van der Waals surface area contributed by atoms with Crippen molar-refractivity contribution in [3.63, 3.8) is 0 Å². The molecule has 0 heterocycles. The van der Waals surface area contributed by atoms with Crippen LogP contribution in [0.2, 0.25) is 0 Å². The fourth-order valence-corrected chi connectivity index (χ4v) is 3.75. The normalized spacial score (nSPS) is 13.8. The number of rotatable bonds is 5. The fraction of sp³-hybridized carbons (Fsp3) is 0.455. The van der Waals surface area contributed by atoms with E-state index in [9.17, 15) is 9.50 Å². The molecule has 1 N–H and O–H groups in total. The molecular weight excluding hydrogens is 315 g/mol. The van der Waals surface area contributed by atoms with Gasteiger partial charge in [0.1, 0.15) is 11.6 Å². The number of fused-ring (bicyclic) bond motifs is 1. The Kier molecular flexibility index (Phi) is 4.88. The quantitative estimate of drug-likeness (QED) is 0.815. The lowest BCUT2D eigenvalue weighted by molar-refractivity contribution is 0.0553. The summed E-state index contributed by atoms with van der Waals surface area (Å²) in [6, 6.07) is 7.60. The molecule has 0 bridgehead atoms. The van der Waals surface area contributed by atoms with Crippen LogP contribution in [0.15, 0.2) is 24.3 Å². The first-order valence-corrected chi connectivity index (χ1v) is 9.03. The third-order valence-electron chi connectivity index (χ3n) is 4.99. The number of hydrogen-bond donors (Lipinski definition) is 1. The van der Waals surface area contributed by atoms with Crippen molar-refractivity contribution in [1.82, 2.24) is 0 Å². The Morgan fingerprint density at radius 2 is 1.72 bits per heavy atom.